The van der Waals surface area contributed by atoms with E-state index in [-0.39, 0.29) is 0 Å². The van der Waals surface area contributed by atoms with Gasteiger partial charge in [-0.3, -0.25) is 0 Å². The third-order valence-electron chi connectivity index (χ3n) is 6.34. The molecule has 4 aromatic carbocycles. The smallest absolute Gasteiger partial charge is 0.164 e. The first-order chi connectivity index (χ1) is 13.1. The summed E-state index contributed by atoms with van der Waals surface area (Å²) in [5.41, 5.74) is 4.27. The highest BCUT2D eigenvalue weighted by molar-refractivity contribution is 7.92. The molecule has 6 rings (SSSR count). The van der Waals surface area contributed by atoms with Crippen LogP contribution < -0.4 is 0 Å². The molecule has 3 heteroatoms. The van der Waals surface area contributed by atoms with Crippen LogP contribution in [-0.2, 0) is 22.7 Å². The van der Waals surface area contributed by atoms with Gasteiger partial charge in [0.2, 0.25) is 0 Å². The highest BCUT2D eigenvalue weighted by Gasteiger charge is 2.42. The molecule has 0 aliphatic heterocycles. The van der Waals surface area contributed by atoms with Gasteiger partial charge in [-0.1, -0.05) is 72.8 Å². The minimum absolute atomic E-state index is 0.451. The number of rotatable bonds is 2. The molecule has 132 valence electrons. The van der Waals surface area contributed by atoms with Crippen LogP contribution in [0.15, 0.2) is 72.8 Å². The Hall–Kier alpha value is -2.65. The van der Waals surface area contributed by atoms with Gasteiger partial charge in [-0.25, -0.2) is 8.42 Å². The van der Waals surface area contributed by atoms with Gasteiger partial charge in [0, 0.05) is 0 Å². The van der Waals surface area contributed by atoms with E-state index in [2.05, 4.69) is 36.4 Å². The van der Waals surface area contributed by atoms with Crippen molar-refractivity contribution in [2.75, 3.05) is 0 Å². The second kappa shape index (κ2) is 5.20. The fourth-order valence-electron chi connectivity index (χ4n) is 5.18. The average molecular weight is 370 g/mol. The summed E-state index contributed by atoms with van der Waals surface area (Å²) in [6.07, 6.45) is 1.17. The molecule has 2 nitrogen and oxygen atoms in total. The third-order valence-corrected chi connectivity index (χ3v) is 8.77. The summed E-state index contributed by atoms with van der Waals surface area (Å²) in [4.78, 5) is 0. The lowest BCUT2D eigenvalue weighted by molar-refractivity contribution is 0.569. The van der Waals surface area contributed by atoms with Crippen molar-refractivity contribution < 1.29 is 8.42 Å². The molecule has 2 unspecified atom stereocenters. The zero-order valence-electron chi connectivity index (χ0n) is 14.7. The molecule has 0 saturated carbocycles. The highest BCUT2D eigenvalue weighted by Crippen LogP contribution is 2.49. The molecule has 2 atom stereocenters. The maximum Gasteiger partial charge on any atom is 0.164 e. The minimum Gasteiger partial charge on any atom is -0.228 e. The van der Waals surface area contributed by atoms with Gasteiger partial charge in [-0.05, 0) is 56.6 Å². The summed E-state index contributed by atoms with van der Waals surface area (Å²) in [6, 6.07) is 24.5. The van der Waals surface area contributed by atoms with Crippen molar-refractivity contribution >= 4 is 31.4 Å². The van der Waals surface area contributed by atoms with Gasteiger partial charge in [-0.2, -0.15) is 0 Å². The molecule has 0 saturated heterocycles. The van der Waals surface area contributed by atoms with E-state index in [9.17, 15) is 8.42 Å². The highest BCUT2D eigenvalue weighted by atomic mass is 32.2. The summed E-state index contributed by atoms with van der Waals surface area (Å²) >= 11 is 0. The Labute approximate surface area is 158 Å². The Bertz CT molecular complexity index is 1240. The number of sulfone groups is 1. The Morgan fingerprint density at radius 2 is 1.00 bits per heavy atom. The molecule has 0 radical (unpaired) electrons. The van der Waals surface area contributed by atoms with Crippen LogP contribution in [0, 0.1) is 0 Å². The molecule has 2 aliphatic carbocycles. The normalized spacial score (nSPS) is 20.6. The van der Waals surface area contributed by atoms with Crippen LogP contribution in [0.3, 0.4) is 0 Å². The first kappa shape index (κ1) is 15.4. The van der Waals surface area contributed by atoms with Gasteiger partial charge in [0.25, 0.3) is 0 Å². The summed E-state index contributed by atoms with van der Waals surface area (Å²) < 4.78 is 27.7. The van der Waals surface area contributed by atoms with Crippen molar-refractivity contribution in [1.29, 1.82) is 0 Å². The summed E-state index contributed by atoms with van der Waals surface area (Å²) in [5, 5.41) is 3.66. The van der Waals surface area contributed by atoms with E-state index in [0.29, 0.717) is 12.8 Å². The van der Waals surface area contributed by atoms with Gasteiger partial charge in [-0.15, -0.1) is 0 Å². The van der Waals surface area contributed by atoms with E-state index in [1.54, 1.807) is 0 Å². The zero-order chi connectivity index (χ0) is 18.2. The monoisotopic (exact) mass is 370 g/mol. The zero-order valence-corrected chi connectivity index (χ0v) is 15.5. The first-order valence-corrected chi connectivity index (χ1v) is 11.0. The van der Waals surface area contributed by atoms with Crippen LogP contribution in [0.1, 0.15) is 32.8 Å². The first-order valence-electron chi connectivity index (χ1n) is 9.38. The molecule has 0 bridgehead atoms. The van der Waals surface area contributed by atoms with E-state index in [1.807, 2.05) is 36.4 Å². The lowest BCUT2D eigenvalue weighted by Crippen LogP contribution is -2.20. The molecule has 4 aromatic rings. The van der Waals surface area contributed by atoms with Gasteiger partial charge >= 0.3 is 0 Å². The molecule has 27 heavy (non-hydrogen) atoms. The summed E-state index contributed by atoms with van der Waals surface area (Å²) in [7, 11) is -3.37. The van der Waals surface area contributed by atoms with Crippen molar-refractivity contribution in [3.05, 3.63) is 95.1 Å². The molecule has 0 spiro atoms. The van der Waals surface area contributed by atoms with Crippen molar-refractivity contribution in [1.82, 2.24) is 0 Å². The van der Waals surface area contributed by atoms with Gasteiger partial charge in [0.1, 0.15) is 0 Å². The van der Waals surface area contributed by atoms with Crippen LogP contribution in [0.5, 0.6) is 0 Å². The van der Waals surface area contributed by atoms with Gasteiger partial charge < -0.3 is 0 Å². The lowest BCUT2D eigenvalue weighted by Gasteiger charge is -2.20. The topological polar surface area (TPSA) is 34.1 Å². The van der Waals surface area contributed by atoms with E-state index in [0.717, 1.165) is 43.8 Å². The van der Waals surface area contributed by atoms with Gasteiger partial charge in [0.15, 0.2) is 9.84 Å². The maximum atomic E-state index is 13.9. The maximum absolute atomic E-state index is 13.9. The summed E-state index contributed by atoms with van der Waals surface area (Å²) in [5.74, 6) is 0. The quantitative estimate of drug-likeness (QED) is 0.480. The molecular weight excluding hydrogens is 352 g/mol. The molecule has 0 heterocycles. The minimum atomic E-state index is -3.37. The SMILES string of the molecule is O=S(=O)(C1Cc2cccc3cccc1c23)C1Cc2cccc3cccc1c23. The van der Waals surface area contributed by atoms with E-state index < -0.39 is 20.3 Å². The van der Waals surface area contributed by atoms with E-state index >= 15 is 0 Å². The molecular formula is C24H18O2S. The van der Waals surface area contributed by atoms with Crippen molar-refractivity contribution in [3.8, 4) is 0 Å². The van der Waals surface area contributed by atoms with Crippen LogP contribution in [0.2, 0.25) is 0 Å². The van der Waals surface area contributed by atoms with E-state index in [4.69, 9.17) is 0 Å². The second-order valence-corrected chi connectivity index (χ2v) is 10.0. The standard InChI is InChI=1S/C24H18O2S/c25-27(26,21-13-17-9-1-5-15-7-3-11-19(21)23(15)17)22-14-18-10-2-6-16-8-4-12-20(22)24(16)18/h1-12,21-22H,13-14H2. The van der Waals surface area contributed by atoms with Crippen molar-refractivity contribution in [2.45, 2.75) is 23.3 Å². The fraction of sp³-hybridized carbons (Fsp3) is 0.167. The van der Waals surface area contributed by atoms with Crippen LogP contribution >= 0.6 is 0 Å². The Balaban J connectivity index is 1.53. The number of hydrogen-bond acceptors (Lipinski definition) is 2. The van der Waals surface area contributed by atoms with Crippen molar-refractivity contribution in [2.24, 2.45) is 0 Å². The summed E-state index contributed by atoms with van der Waals surface area (Å²) in [6.45, 7) is 0. The predicted octanol–water partition coefficient (Wildman–Crippen LogP) is 5.30. The fourth-order valence-corrected chi connectivity index (χ4v) is 7.50. The molecule has 0 fully saturated rings. The largest absolute Gasteiger partial charge is 0.228 e. The second-order valence-electron chi connectivity index (χ2n) is 7.70. The Kier molecular flexibility index (Phi) is 2.97. The predicted molar refractivity (Wildman–Crippen MR) is 110 cm³/mol. The lowest BCUT2D eigenvalue weighted by atomic mass is 10.1. The van der Waals surface area contributed by atoms with Crippen LogP contribution in [0.4, 0.5) is 0 Å². The third kappa shape index (κ3) is 1.98. The molecule has 0 aromatic heterocycles. The number of benzene rings is 4. The van der Waals surface area contributed by atoms with Crippen LogP contribution in [0.25, 0.3) is 21.5 Å². The molecule has 0 N–H and O–H groups in total. The van der Waals surface area contributed by atoms with Crippen molar-refractivity contribution in [3.63, 3.8) is 0 Å². The number of hydrogen-bond donors (Lipinski definition) is 0. The average Bonchev–Trinajstić information content (AvgIpc) is 3.26. The van der Waals surface area contributed by atoms with E-state index in [1.165, 1.54) is 0 Å². The molecule has 0 amide bonds. The molecule has 2 aliphatic rings. The van der Waals surface area contributed by atoms with Gasteiger partial charge in [0.05, 0.1) is 10.5 Å². The Morgan fingerprint density at radius 1 is 0.593 bits per heavy atom. The Morgan fingerprint density at radius 3 is 1.44 bits per heavy atom. The van der Waals surface area contributed by atoms with Crippen LogP contribution in [-0.4, -0.2) is 8.42 Å².